The van der Waals surface area contributed by atoms with Crippen LogP contribution in [0.1, 0.15) is 25.7 Å². The lowest BCUT2D eigenvalue weighted by Crippen LogP contribution is -2.02. The van der Waals surface area contributed by atoms with E-state index in [4.69, 9.17) is 9.84 Å². The van der Waals surface area contributed by atoms with Crippen LogP contribution in [0.2, 0.25) is 0 Å². The van der Waals surface area contributed by atoms with Gasteiger partial charge in [-0.25, -0.2) is 0 Å². The summed E-state index contributed by atoms with van der Waals surface area (Å²) in [5.74, 6) is 0.872. The summed E-state index contributed by atoms with van der Waals surface area (Å²) in [5, 5.41) is 8.64. The molecule has 1 heterocycles. The fourth-order valence-corrected chi connectivity index (χ4v) is 2.28. The monoisotopic (exact) mass is 156 g/mol. The third-order valence-electron chi connectivity index (χ3n) is 3.20. The number of rotatable bonds is 3. The number of hydrogen-bond donors (Lipinski definition) is 1. The van der Waals surface area contributed by atoms with Gasteiger partial charge in [-0.05, 0) is 37.0 Å². The SMILES string of the molecule is OCCCC1CC12CCOC2. The highest BCUT2D eigenvalue weighted by molar-refractivity contribution is 5.03. The van der Waals surface area contributed by atoms with Crippen molar-refractivity contribution in [2.24, 2.45) is 11.3 Å². The maximum absolute atomic E-state index is 8.64. The van der Waals surface area contributed by atoms with Crippen LogP contribution in [-0.2, 0) is 4.74 Å². The minimum absolute atomic E-state index is 0.355. The standard InChI is InChI=1S/C9H16O2/c10-4-1-2-8-6-9(8)3-5-11-7-9/h8,10H,1-7H2. The Bertz CT molecular complexity index is 138. The van der Waals surface area contributed by atoms with Crippen LogP contribution in [0.25, 0.3) is 0 Å². The van der Waals surface area contributed by atoms with Gasteiger partial charge in [0.2, 0.25) is 0 Å². The lowest BCUT2D eigenvalue weighted by molar-refractivity contribution is 0.177. The zero-order valence-corrected chi connectivity index (χ0v) is 6.88. The molecule has 1 saturated carbocycles. The third-order valence-corrected chi connectivity index (χ3v) is 3.20. The van der Waals surface area contributed by atoms with Crippen molar-refractivity contribution in [1.29, 1.82) is 0 Å². The molecule has 11 heavy (non-hydrogen) atoms. The van der Waals surface area contributed by atoms with Crippen molar-refractivity contribution in [1.82, 2.24) is 0 Å². The van der Waals surface area contributed by atoms with Crippen LogP contribution in [0.3, 0.4) is 0 Å². The van der Waals surface area contributed by atoms with E-state index in [2.05, 4.69) is 0 Å². The average molecular weight is 156 g/mol. The van der Waals surface area contributed by atoms with E-state index in [0.29, 0.717) is 12.0 Å². The van der Waals surface area contributed by atoms with Gasteiger partial charge in [0.15, 0.2) is 0 Å². The molecular formula is C9H16O2. The summed E-state index contributed by atoms with van der Waals surface area (Å²) >= 11 is 0. The van der Waals surface area contributed by atoms with Gasteiger partial charge in [0, 0.05) is 13.2 Å². The smallest absolute Gasteiger partial charge is 0.0526 e. The molecule has 0 aromatic heterocycles. The minimum Gasteiger partial charge on any atom is -0.396 e. The Morgan fingerprint density at radius 2 is 2.45 bits per heavy atom. The van der Waals surface area contributed by atoms with E-state index in [-0.39, 0.29) is 0 Å². The quantitative estimate of drug-likeness (QED) is 0.665. The first-order valence-electron chi connectivity index (χ1n) is 4.56. The van der Waals surface area contributed by atoms with Gasteiger partial charge in [0.1, 0.15) is 0 Å². The van der Waals surface area contributed by atoms with Crippen molar-refractivity contribution in [3.8, 4) is 0 Å². The highest BCUT2D eigenvalue weighted by atomic mass is 16.5. The summed E-state index contributed by atoms with van der Waals surface area (Å²) in [4.78, 5) is 0. The zero-order valence-electron chi connectivity index (χ0n) is 6.88. The largest absolute Gasteiger partial charge is 0.396 e. The van der Waals surface area contributed by atoms with Gasteiger partial charge in [0.25, 0.3) is 0 Å². The number of aliphatic hydroxyl groups excluding tert-OH is 1. The van der Waals surface area contributed by atoms with E-state index in [9.17, 15) is 0 Å². The van der Waals surface area contributed by atoms with Gasteiger partial charge >= 0.3 is 0 Å². The fourth-order valence-electron chi connectivity index (χ4n) is 2.28. The summed E-state index contributed by atoms with van der Waals surface area (Å²) in [7, 11) is 0. The van der Waals surface area contributed by atoms with E-state index >= 15 is 0 Å². The molecule has 0 amide bonds. The van der Waals surface area contributed by atoms with Crippen LogP contribution in [0.5, 0.6) is 0 Å². The Labute approximate surface area is 67.6 Å². The lowest BCUT2D eigenvalue weighted by Gasteiger charge is -2.04. The molecule has 2 atom stereocenters. The third kappa shape index (κ3) is 1.30. The highest BCUT2D eigenvalue weighted by Gasteiger charge is 2.55. The van der Waals surface area contributed by atoms with Crippen LogP contribution < -0.4 is 0 Å². The second kappa shape index (κ2) is 2.76. The van der Waals surface area contributed by atoms with Crippen LogP contribution in [-0.4, -0.2) is 24.9 Å². The molecule has 2 fully saturated rings. The summed E-state index contributed by atoms with van der Waals surface area (Å²) in [6.45, 7) is 2.31. The predicted octanol–water partition coefficient (Wildman–Crippen LogP) is 1.19. The Morgan fingerprint density at radius 1 is 1.55 bits per heavy atom. The molecule has 64 valence electrons. The Kier molecular flexibility index (Phi) is 1.90. The molecular weight excluding hydrogens is 140 g/mol. The van der Waals surface area contributed by atoms with Crippen LogP contribution in [0.4, 0.5) is 0 Å². The van der Waals surface area contributed by atoms with E-state index in [1.165, 1.54) is 19.3 Å². The Balaban J connectivity index is 1.75. The van der Waals surface area contributed by atoms with Crippen LogP contribution >= 0.6 is 0 Å². The first-order chi connectivity index (χ1) is 5.37. The first kappa shape index (κ1) is 7.56. The maximum atomic E-state index is 8.64. The van der Waals surface area contributed by atoms with Crippen molar-refractivity contribution >= 4 is 0 Å². The molecule has 2 nitrogen and oxygen atoms in total. The minimum atomic E-state index is 0.355. The van der Waals surface area contributed by atoms with Crippen molar-refractivity contribution < 1.29 is 9.84 Å². The van der Waals surface area contributed by atoms with Gasteiger partial charge < -0.3 is 9.84 Å². The predicted molar refractivity (Wildman–Crippen MR) is 42.3 cm³/mol. The summed E-state index contributed by atoms with van der Waals surface area (Å²) in [6, 6.07) is 0. The van der Waals surface area contributed by atoms with Crippen molar-refractivity contribution in [2.75, 3.05) is 19.8 Å². The molecule has 0 aromatic carbocycles. The van der Waals surface area contributed by atoms with Gasteiger partial charge in [0.05, 0.1) is 6.61 Å². The van der Waals surface area contributed by atoms with Gasteiger partial charge in [-0.3, -0.25) is 0 Å². The Morgan fingerprint density at radius 3 is 3.09 bits per heavy atom. The molecule has 1 spiro atoms. The molecule has 2 unspecified atom stereocenters. The zero-order chi connectivity index (χ0) is 7.73. The topological polar surface area (TPSA) is 29.5 Å². The molecule has 1 aliphatic heterocycles. The van der Waals surface area contributed by atoms with Gasteiger partial charge in [-0.2, -0.15) is 0 Å². The number of ether oxygens (including phenoxy) is 1. The highest BCUT2D eigenvalue weighted by Crippen LogP contribution is 2.59. The summed E-state index contributed by atoms with van der Waals surface area (Å²) in [5.41, 5.74) is 0.579. The van der Waals surface area contributed by atoms with Gasteiger partial charge in [-0.15, -0.1) is 0 Å². The molecule has 1 saturated heterocycles. The van der Waals surface area contributed by atoms with E-state index < -0.39 is 0 Å². The summed E-state index contributed by atoms with van der Waals surface area (Å²) in [6.07, 6.45) is 4.81. The van der Waals surface area contributed by atoms with Crippen molar-refractivity contribution in [3.05, 3.63) is 0 Å². The van der Waals surface area contributed by atoms with Crippen LogP contribution in [0.15, 0.2) is 0 Å². The second-order valence-corrected chi connectivity index (χ2v) is 3.93. The molecule has 0 aromatic rings. The van der Waals surface area contributed by atoms with E-state index in [1.807, 2.05) is 0 Å². The van der Waals surface area contributed by atoms with Crippen LogP contribution in [0, 0.1) is 11.3 Å². The first-order valence-corrected chi connectivity index (χ1v) is 4.56. The molecule has 1 N–H and O–H groups in total. The molecule has 2 aliphatic rings. The van der Waals surface area contributed by atoms with Gasteiger partial charge in [-0.1, -0.05) is 0 Å². The fraction of sp³-hybridized carbons (Fsp3) is 1.00. The molecule has 2 heteroatoms. The summed E-state index contributed by atoms with van der Waals surface area (Å²) < 4.78 is 5.37. The lowest BCUT2D eigenvalue weighted by atomic mass is 10.0. The average Bonchev–Trinajstić information content (AvgIpc) is 2.41. The van der Waals surface area contributed by atoms with Crippen molar-refractivity contribution in [3.63, 3.8) is 0 Å². The maximum Gasteiger partial charge on any atom is 0.0526 e. The number of aliphatic hydroxyl groups is 1. The molecule has 2 rings (SSSR count). The molecule has 1 aliphatic carbocycles. The second-order valence-electron chi connectivity index (χ2n) is 3.93. The Hall–Kier alpha value is -0.0800. The normalized spacial score (nSPS) is 41.7. The van der Waals surface area contributed by atoms with E-state index in [0.717, 1.165) is 25.6 Å². The number of hydrogen-bond acceptors (Lipinski definition) is 2. The van der Waals surface area contributed by atoms with E-state index in [1.54, 1.807) is 0 Å². The molecule has 0 bridgehead atoms. The molecule has 0 radical (unpaired) electrons. The van der Waals surface area contributed by atoms with Crippen molar-refractivity contribution in [2.45, 2.75) is 25.7 Å².